The summed E-state index contributed by atoms with van der Waals surface area (Å²) in [5, 5.41) is 0. The minimum Gasteiger partial charge on any atom is -0.466 e. The standard InChI is InChI=1S/C13H24O3/c1-4-11(3)7-6-8-12(14)9-10-13(15)16-5-2/h11H,4-10H2,1-3H3. The normalized spacial score (nSPS) is 12.2. The minimum absolute atomic E-state index is 0.177. The molecule has 0 N–H and O–H groups in total. The van der Waals surface area contributed by atoms with Crippen LogP contribution in [0.4, 0.5) is 0 Å². The third kappa shape index (κ3) is 8.45. The molecule has 0 fully saturated rings. The molecule has 0 heterocycles. The second kappa shape index (κ2) is 9.37. The van der Waals surface area contributed by atoms with Crippen LogP contribution < -0.4 is 0 Å². The highest BCUT2D eigenvalue weighted by molar-refractivity contribution is 5.82. The summed E-state index contributed by atoms with van der Waals surface area (Å²) in [6, 6.07) is 0. The molecule has 3 heteroatoms. The van der Waals surface area contributed by atoms with Gasteiger partial charge in [-0.15, -0.1) is 0 Å². The smallest absolute Gasteiger partial charge is 0.306 e. The Labute approximate surface area is 98.6 Å². The molecule has 1 unspecified atom stereocenters. The van der Waals surface area contributed by atoms with Crippen LogP contribution in [-0.4, -0.2) is 18.4 Å². The van der Waals surface area contributed by atoms with E-state index in [2.05, 4.69) is 13.8 Å². The molecule has 0 spiro atoms. The Balaban J connectivity index is 3.48. The van der Waals surface area contributed by atoms with Gasteiger partial charge in [-0.05, 0) is 19.3 Å². The summed E-state index contributed by atoms with van der Waals surface area (Å²) < 4.78 is 4.76. The van der Waals surface area contributed by atoms with Crippen molar-refractivity contribution in [1.29, 1.82) is 0 Å². The summed E-state index contributed by atoms with van der Waals surface area (Å²) in [6.07, 6.45) is 4.37. The Morgan fingerprint density at radius 1 is 1.12 bits per heavy atom. The van der Waals surface area contributed by atoms with Crippen molar-refractivity contribution in [2.45, 2.75) is 59.3 Å². The van der Waals surface area contributed by atoms with Crippen LogP contribution in [0.1, 0.15) is 59.3 Å². The molecule has 16 heavy (non-hydrogen) atoms. The van der Waals surface area contributed by atoms with Crippen LogP contribution in [-0.2, 0) is 14.3 Å². The van der Waals surface area contributed by atoms with Gasteiger partial charge in [-0.3, -0.25) is 9.59 Å². The summed E-state index contributed by atoms with van der Waals surface area (Å²) in [5.41, 5.74) is 0. The molecule has 0 saturated heterocycles. The van der Waals surface area contributed by atoms with Crippen molar-refractivity contribution in [1.82, 2.24) is 0 Å². The second-order valence-electron chi connectivity index (χ2n) is 4.25. The third-order valence-corrected chi connectivity index (χ3v) is 2.76. The fourth-order valence-electron chi connectivity index (χ4n) is 1.45. The van der Waals surface area contributed by atoms with Crippen LogP contribution in [0.5, 0.6) is 0 Å². The number of ketones is 1. The van der Waals surface area contributed by atoms with E-state index in [0.717, 1.165) is 19.3 Å². The predicted molar refractivity (Wildman–Crippen MR) is 64.2 cm³/mol. The molecule has 0 rings (SSSR count). The van der Waals surface area contributed by atoms with Crippen molar-refractivity contribution >= 4 is 11.8 Å². The average molecular weight is 228 g/mol. The second-order valence-corrected chi connectivity index (χ2v) is 4.25. The van der Waals surface area contributed by atoms with E-state index in [1.807, 2.05) is 0 Å². The lowest BCUT2D eigenvalue weighted by Gasteiger charge is -2.06. The monoisotopic (exact) mass is 228 g/mol. The number of Topliss-reactive ketones (excluding diaryl/α,β-unsaturated/α-hetero) is 1. The molecule has 0 aliphatic heterocycles. The van der Waals surface area contributed by atoms with E-state index in [1.165, 1.54) is 0 Å². The molecule has 0 aromatic heterocycles. The molecular weight excluding hydrogens is 204 g/mol. The molecule has 0 saturated carbocycles. The quantitative estimate of drug-likeness (QED) is 0.569. The topological polar surface area (TPSA) is 43.4 Å². The molecular formula is C13H24O3. The van der Waals surface area contributed by atoms with E-state index in [4.69, 9.17) is 4.74 Å². The highest BCUT2D eigenvalue weighted by atomic mass is 16.5. The Morgan fingerprint density at radius 3 is 2.38 bits per heavy atom. The lowest BCUT2D eigenvalue weighted by Crippen LogP contribution is -2.07. The van der Waals surface area contributed by atoms with Crippen LogP contribution in [0, 0.1) is 5.92 Å². The van der Waals surface area contributed by atoms with Gasteiger partial charge in [0.1, 0.15) is 5.78 Å². The van der Waals surface area contributed by atoms with Crippen molar-refractivity contribution in [2.75, 3.05) is 6.61 Å². The lowest BCUT2D eigenvalue weighted by atomic mass is 9.99. The molecule has 0 aliphatic rings. The van der Waals surface area contributed by atoms with Crippen molar-refractivity contribution in [2.24, 2.45) is 5.92 Å². The number of carbonyl (C=O) groups is 2. The van der Waals surface area contributed by atoms with E-state index in [1.54, 1.807) is 6.92 Å². The van der Waals surface area contributed by atoms with Crippen molar-refractivity contribution in [3.63, 3.8) is 0 Å². The van der Waals surface area contributed by atoms with Gasteiger partial charge in [-0.25, -0.2) is 0 Å². The Bertz CT molecular complexity index is 211. The van der Waals surface area contributed by atoms with Crippen LogP contribution in [0.2, 0.25) is 0 Å². The summed E-state index contributed by atoms with van der Waals surface area (Å²) in [5.74, 6) is 0.604. The predicted octanol–water partition coefficient (Wildman–Crippen LogP) is 3.12. The zero-order valence-electron chi connectivity index (χ0n) is 10.8. The minimum atomic E-state index is -0.266. The molecule has 0 bridgehead atoms. The molecule has 94 valence electrons. The largest absolute Gasteiger partial charge is 0.466 e. The van der Waals surface area contributed by atoms with Gasteiger partial charge in [0.2, 0.25) is 0 Å². The first-order chi connectivity index (χ1) is 7.60. The van der Waals surface area contributed by atoms with Gasteiger partial charge < -0.3 is 4.74 Å². The van der Waals surface area contributed by atoms with Gasteiger partial charge in [-0.2, -0.15) is 0 Å². The highest BCUT2D eigenvalue weighted by Gasteiger charge is 2.08. The Morgan fingerprint density at radius 2 is 1.81 bits per heavy atom. The third-order valence-electron chi connectivity index (χ3n) is 2.76. The maximum absolute atomic E-state index is 11.4. The summed E-state index contributed by atoms with van der Waals surface area (Å²) >= 11 is 0. The molecule has 1 atom stereocenters. The van der Waals surface area contributed by atoms with E-state index in [-0.39, 0.29) is 18.2 Å². The van der Waals surface area contributed by atoms with E-state index in [9.17, 15) is 9.59 Å². The van der Waals surface area contributed by atoms with Gasteiger partial charge in [0.15, 0.2) is 0 Å². The Kier molecular flexibility index (Phi) is 8.87. The number of hydrogen-bond acceptors (Lipinski definition) is 3. The van der Waals surface area contributed by atoms with E-state index in [0.29, 0.717) is 25.4 Å². The SMILES string of the molecule is CCOC(=O)CCC(=O)CCCC(C)CC. The molecule has 0 aliphatic carbocycles. The zero-order chi connectivity index (χ0) is 12.4. The maximum Gasteiger partial charge on any atom is 0.306 e. The highest BCUT2D eigenvalue weighted by Crippen LogP contribution is 2.12. The molecule has 0 aromatic carbocycles. The van der Waals surface area contributed by atoms with Crippen molar-refractivity contribution < 1.29 is 14.3 Å². The van der Waals surface area contributed by atoms with Gasteiger partial charge in [-0.1, -0.05) is 26.7 Å². The van der Waals surface area contributed by atoms with Gasteiger partial charge in [0.25, 0.3) is 0 Å². The summed E-state index contributed by atoms with van der Waals surface area (Å²) in [6.45, 7) is 6.52. The number of hydrogen-bond donors (Lipinski definition) is 0. The number of esters is 1. The fourth-order valence-corrected chi connectivity index (χ4v) is 1.45. The first-order valence-electron chi connectivity index (χ1n) is 6.27. The fraction of sp³-hybridized carbons (Fsp3) is 0.846. The van der Waals surface area contributed by atoms with Crippen molar-refractivity contribution in [3.8, 4) is 0 Å². The lowest BCUT2D eigenvalue weighted by molar-refractivity contribution is -0.144. The molecule has 0 aromatic rings. The van der Waals surface area contributed by atoms with Crippen LogP contribution in [0.25, 0.3) is 0 Å². The maximum atomic E-state index is 11.4. The van der Waals surface area contributed by atoms with Gasteiger partial charge in [0, 0.05) is 12.8 Å². The van der Waals surface area contributed by atoms with Crippen LogP contribution in [0.15, 0.2) is 0 Å². The van der Waals surface area contributed by atoms with Crippen molar-refractivity contribution in [3.05, 3.63) is 0 Å². The number of carbonyl (C=O) groups excluding carboxylic acids is 2. The van der Waals surface area contributed by atoms with Gasteiger partial charge >= 0.3 is 5.97 Å². The first-order valence-corrected chi connectivity index (χ1v) is 6.27. The first kappa shape index (κ1) is 15.1. The average Bonchev–Trinajstić information content (AvgIpc) is 2.26. The summed E-state index contributed by atoms with van der Waals surface area (Å²) in [7, 11) is 0. The van der Waals surface area contributed by atoms with Gasteiger partial charge in [0.05, 0.1) is 13.0 Å². The number of ether oxygens (including phenoxy) is 1. The van der Waals surface area contributed by atoms with Crippen LogP contribution in [0.3, 0.4) is 0 Å². The molecule has 0 amide bonds. The van der Waals surface area contributed by atoms with E-state index >= 15 is 0 Å². The molecule has 3 nitrogen and oxygen atoms in total. The summed E-state index contributed by atoms with van der Waals surface area (Å²) in [4.78, 5) is 22.4. The zero-order valence-corrected chi connectivity index (χ0v) is 10.8. The Hall–Kier alpha value is -0.860. The molecule has 0 radical (unpaired) electrons. The number of rotatable bonds is 9. The van der Waals surface area contributed by atoms with Crippen LogP contribution >= 0.6 is 0 Å². The van der Waals surface area contributed by atoms with E-state index < -0.39 is 0 Å².